The standard InChI is InChI=1S/C24H24N6O3S/c25-20(31)13-30-22(27-19-8-4-2-6-17(19)24(30)32)15-34-23-16-5-1-3-7-18(16)26-21(28-23)14-29-9-11-33-12-10-29/h1-8H,9-15H2,(H2,25,31). The summed E-state index contributed by atoms with van der Waals surface area (Å²) < 4.78 is 6.80. The Morgan fingerprint density at radius 3 is 2.38 bits per heavy atom. The van der Waals surface area contributed by atoms with Crippen LogP contribution in [0.2, 0.25) is 0 Å². The molecule has 5 rings (SSSR count). The highest BCUT2D eigenvalue weighted by Crippen LogP contribution is 2.28. The largest absolute Gasteiger partial charge is 0.379 e. The van der Waals surface area contributed by atoms with E-state index in [1.807, 2.05) is 30.3 Å². The number of carbonyl (C=O) groups is 1. The van der Waals surface area contributed by atoms with Crippen LogP contribution in [0.5, 0.6) is 0 Å². The van der Waals surface area contributed by atoms with Crippen LogP contribution in [-0.4, -0.2) is 56.6 Å². The van der Waals surface area contributed by atoms with Gasteiger partial charge in [-0.1, -0.05) is 42.1 Å². The van der Waals surface area contributed by atoms with E-state index in [1.54, 1.807) is 18.2 Å². The maximum Gasteiger partial charge on any atom is 0.261 e. The smallest absolute Gasteiger partial charge is 0.261 e. The van der Waals surface area contributed by atoms with Crippen LogP contribution in [0, 0.1) is 0 Å². The van der Waals surface area contributed by atoms with Gasteiger partial charge in [0.05, 0.1) is 41.9 Å². The van der Waals surface area contributed by atoms with Gasteiger partial charge in [-0.15, -0.1) is 0 Å². The van der Waals surface area contributed by atoms with Crippen molar-refractivity contribution in [1.29, 1.82) is 0 Å². The Labute approximate surface area is 200 Å². The summed E-state index contributed by atoms with van der Waals surface area (Å²) in [4.78, 5) is 41.3. The van der Waals surface area contributed by atoms with Crippen molar-refractivity contribution in [3.63, 3.8) is 0 Å². The normalized spacial score (nSPS) is 14.6. The number of para-hydroxylation sites is 2. The van der Waals surface area contributed by atoms with Gasteiger partial charge in [0, 0.05) is 18.5 Å². The molecule has 0 atom stereocenters. The molecule has 2 aromatic carbocycles. The number of nitrogens with zero attached hydrogens (tertiary/aromatic N) is 5. The van der Waals surface area contributed by atoms with Gasteiger partial charge in [-0.3, -0.25) is 19.1 Å². The molecule has 4 aromatic rings. The predicted molar refractivity (Wildman–Crippen MR) is 130 cm³/mol. The van der Waals surface area contributed by atoms with Crippen LogP contribution in [0.4, 0.5) is 0 Å². The lowest BCUT2D eigenvalue weighted by atomic mass is 10.2. The van der Waals surface area contributed by atoms with Gasteiger partial charge in [0.25, 0.3) is 5.56 Å². The van der Waals surface area contributed by atoms with E-state index in [0.29, 0.717) is 42.2 Å². The molecule has 34 heavy (non-hydrogen) atoms. The molecule has 1 aliphatic rings. The molecule has 2 aromatic heterocycles. The zero-order valence-electron chi connectivity index (χ0n) is 18.5. The first-order valence-corrected chi connectivity index (χ1v) is 12.0. The fourth-order valence-corrected chi connectivity index (χ4v) is 4.99. The summed E-state index contributed by atoms with van der Waals surface area (Å²) >= 11 is 1.47. The number of morpholine rings is 1. The second-order valence-electron chi connectivity index (χ2n) is 8.04. The number of primary amides is 1. The van der Waals surface area contributed by atoms with Crippen LogP contribution in [0.3, 0.4) is 0 Å². The molecule has 1 aliphatic heterocycles. The van der Waals surface area contributed by atoms with Crippen molar-refractivity contribution in [3.8, 4) is 0 Å². The quantitative estimate of drug-likeness (QED) is 0.318. The second kappa shape index (κ2) is 9.88. The van der Waals surface area contributed by atoms with Crippen molar-refractivity contribution in [2.24, 2.45) is 5.73 Å². The van der Waals surface area contributed by atoms with Crippen molar-refractivity contribution in [3.05, 3.63) is 70.5 Å². The number of hydrogen-bond acceptors (Lipinski definition) is 8. The molecular formula is C24H24N6O3S. The van der Waals surface area contributed by atoms with Gasteiger partial charge in [-0.25, -0.2) is 15.0 Å². The minimum atomic E-state index is -0.592. The third-order valence-corrected chi connectivity index (χ3v) is 6.66. The predicted octanol–water partition coefficient (Wildman–Crippen LogP) is 1.95. The van der Waals surface area contributed by atoms with Crippen molar-refractivity contribution in [2.75, 3.05) is 26.3 Å². The van der Waals surface area contributed by atoms with Crippen LogP contribution in [0.15, 0.2) is 58.4 Å². The van der Waals surface area contributed by atoms with E-state index in [1.165, 1.54) is 16.3 Å². The van der Waals surface area contributed by atoms with Crippen molar-refractivity contribution in [2.45, 2.75) is 23.9 Å². The van der Waals surface area contributed by atoms with Crippen molar-refractivity contribution in [1.82, 2.24) is 24.4 Å². The number of thioether (sulfide) groups is 1. The number of hydrogen-bond donors (Lipinski definition) is 1. The van der Waals surface area contributed by atoms with E-state index in [-0.39, 0.29) is 12.1 Å². The van der Waals surface area contributed by atoms with Crippen LogP contribution in [-0.2, 0) is 28.4 Å². The highest BCUT2D eigenvalue weighted by atomic mass is 32.2. The summed E-state index contributed by atoms with van der Waals surface area (Å²) in [6.45, 7) is 3.53. The first kappa shape index (κ1) is 22.5. The molecule has 2 N–H and O–H groups in total. The summed E-state index contributed by atoms with van der Waals surface area (Å²) in [6.07, 6.45) is 0. The average molecular weight is 477 g/mol. The highest BCUT2D eigenvalue weighted by molar-refractivity contribution is 7.98. The third kappa shape index (κ3) is 4.79. The number of nitrogens with two attached hydrogens (primary N) is 1. The molecule has 0 aliphatic carbocycles. The number of amides is 1. The van der Waals surface area contributed by atoms with E-state index < -0.39 is 5.91 Å². The maximum atomic E-state index is 13.0. The van der Waals surface area contributed by atoms with Gasteiger partial charge in [0.2, 0.25) is 5.91 Å². The van der Waals surface area contributed by atoms with E-state index >= 15 is 0 Å². The molecule has 1 amide bonds. The summed E-state index contributed by atoms with van der Waals surface area (Å²) in [5, 5.41) is 2.20. The Balaban J connectivity index is 1.50. The van der Waals surface area contributed by atoms with Gasteiger partial charge in [-0.2, -0.15) is 0 Å². The second-order valence-corrected chi connectivity index (χ2v) is 9.01. The van der Waals surface area contributed by atoms with Crippen LogP contribution in [0.25, 0.3) is 21.8 Å². The zero-order valence-corrected chi connectivity index (χ0v) is 19.3. The Morgan fingerprint density at radius 1 is 0.971 bits per heavy atom. The van der Waals surface area contributed by atoms with Crippen LogP contribution < -0.4 is 11.3 Å². The van der Waals surface area contributed by atoms with E-state index in [4.69, 9.17) is 20.4 Å². The number of ether oxygens (including phenoxy) is 1. The molecular weight excluding hydrogens is 452 g/mol. The minimum absolute atomic E-state index is 0.223. The van der Waals surface area contributed by atoms with Crippen LogP contribution >= 0.6 is 11.8 Å². The van der Waals surface area contributed by atoms with Crippen LogP contribution in [0.1, 0.15) is 11.6 Å². The fourth-order valence-electron chi connectivity index (χ4n) is 4.01. The van der Waals surface area contributed by atoms with Gasteiger partial charge in [0.15, 0.2) is 0 Å². The lowest BCUT2D eigenvalue weighted by molar-refractivity contribution is -0.118. The average Bonchev–Trinajstić information content (AvgIpc) is 2.85. The maximum absolute atomic E-state index is 13.0. The monoisotopic (exact) mass is 476 g/mol. The minimum Gasteiger partial charge on any atom is -0.379 e. The summed E-state index contributed by atoms with van der Waals surface area (Å²) in [5.41, 5.74) is 6.60. The first-order valence-electron chi connectivity index (χ1n) is 11.0. The molecule has 0 radical (unpaired) electrons. The third-order valence-electron chi connectivity index (χ3n) is 5.68. The SMILES string of the molecule is NC(=O)Cn1c(CSc2nc(CN3CCOCC3)nc3ccccc23)nc2ccccc2c1=O. The van der Waals surface area contributed by atoms with E-state index in [9.17, 15) is 9.59 Å². The van der Waals surface area contributed by atoms with Gasteiger partial charge >= 0.3 is 0 Å². The number of rotatable bonds is 7. The molecule has 0 unspecified atom stereocenters. The molecule has 174 valence electrons. The van der Waals surface area contributed by atoms with E-state index in [0.717, 1.165) is 34.8 Å². The Morgan fingerprint density at radius 2 is 1.65 bits per heavy atom. The Bertz CT molecular complexity index is 1420. The molecule has 1 fully saturated rings. The molecule has 3 heterocycles. The summed E-state index contributed by atoms with van der Waals surface area (Å²) in [7, 11) is 0. The lowest BCUT2D eigenvalue weighted by Crippen LogP contribution is -2.36. The molecule has 9 nitrogen and oxygen atoms in total. The summed E-state index contributed by atoms with van der Waals surface area (Å²) in [6, 6.07) is 15.0. The number of aromatic nitrogens is 4. The lowest BCUT2D eigenvalue weighted by Gasteiger charge is -2.25. The van der Waals surface area contributed by atoms with Gasteiger partial charge < -0.3 is 10.5 Å². The highest BCUT2D eigenvalue weighted by Gasteiger charge is 2.17. The topological polar surface area (TPSA) is 116 Å². The molecule has 1 saturated heterocycles. The summed E-state index contributed by atoms with van der Waals surface area (Å²) in [5.74, 6) is 0.977. The Kier molecular flexibility index (Phi) is 6.52. The molecule has 0 spiro atoms. The van der Waals surface area contributed by atoms with Crippen molar-refractivity contribution < 1.29 is 9.53 Å². The molecule has 0 saturated carbocycles. The number of benzene rings is 2. The number of carbonyl (C=O) groups excluding carboxylic acids is 1. The number of fused-ring (bicyclic) bond motifs is 2. The van der Waals surface area contributed by atoms with Gasteiger partial charge in [0.1, 0.15) is 23.2 Å². The van der Waals surface area contributed by atoms with Gasteiger partial charge in [-0.05, 0) is 18.2 Å². The van der Waals surface area contributed by atoms with Crippen molar-refractivity contribution >= 4 is 39.5 Å². The zero-order chi connectivity index (χ0) is 23.5. The fraction of sp³-hybridized carbons (Fsp3) is 0.292. The Hall–Kier alpha value is -3.34. The van der Waals surface area contributed by atoms with E-state index in [2.05, 4.69) is 9.88 Å². The molecule has 10 heteroatoms. The molecule has 0 bridgehead atoms. The first-order chi connectivity index (χ1) is 16.6.